The Morgan fingerprint density at radius 1 is 0.480 bits per heavy atom. The van der Waals surface area contributed by atoms with Crippen molar-refractivity contribution in [2.75, 3.05) is 13.2 Å². The van der Waals surface area contributed by atoms with Crippen LogP contribution in [0.15, 0.2) is 60.8 Å². The van der Waals surface area contributed by atoms with Gasteiger partial charge in [-0.2, -0.15) is 0 Å². The normalized spacial score (nSPS) is 12.8. The average molecular weight is 699 g/mol. The van der Waals surface area contributed by atoms with E-state index in [0.29, 0.717) is 12.8 Å². The van der Waals surface area contributed by atoms with E-state index in [0.717, 1.165) is 77.0 Å². The van der Waals surface area contributed by atoms with Gasteiger partial charge in [0.15, 0.2) is 6.10 Å². The van der Waals surface area contributed by atoms with Gasteiger partial charge in [0.2, 0.25) is 0 Å². The summed E-state index contributed by atoms with van der Waals surface area (Å²) in [6, 6.07) is 0. The molecule has 0 fully saturated rings. The van der Waals surface area contributed by atoms with Gasteiger partial charge in [0.05, 0.1) is 6.61 Å². The lowest BCUT2D eigenvalue weighted by atomic mass is 10.1. The molecule has 0 aliphatic rings. The molecule has 5 heteroatoms. The lowest BCUT2D eigenvalue weighted by Crippen LogP contribution is -2.28. The van der Waals surface area contributed by atoms with Gasteiger partial charge in [-0.1, -0.05) is 164 Å². The van der Waals surface area contributed by atoms with Crippen LogP contribution in [0.4, 0.5) is 0 Å². The highest BCUT2D eigenvalue weighted by atomic mass is 16.6. The lowest BCUT2D eigenvalue weighted by Gasteiger charge is -2.15. The Balaban J connectivity index is 3.57. The maximum atomic E-state index is 12.2. The van der Waals surface area contributed by atoms with Gasteiger partial charge in [0, 0.05) is 12.8 Å². The smallest absolute Gasteiger partial charge is 0.306 e. The van der Waals surface area contributed by atoms with Crippen LogP contribution in [0.25, 0.3) is 0 Å². The molecule has 1 atom stereocenters. The summed E-state index contributed by atoms with van der Waals surface area (Å²) < 4.78 is 10.6. The molecule has 0 heterocycles. The maximum absolute atomic E-state index is 12.2. The minimum Gasteiger partial charge on any atom is -0.462 e. The summed E-state index contributed by atoms with van der Waals surface area (Å²) in [6.45, 7) is 3.99. The number of allylic oxidation sites excluding steroid dienone is 10. The molecule has 0 amide bonds. The van der Waals surface area contributed by atoms with E-state index in [9.17, 15) is 14.7 Å². The van der Waals surface area contributed by atoms with Gasteiger partial charge < -0.3 is 14.6 Å². The summed E-state index contributed by atoms with van der Waals surface area (Å²) in [6.07, 6.45) is 52.8. The van der Waals surface area contributed by atoms with Crippen molar-refractivity contribution in [3.63, 3.8) is 0 Å². The Bertz CT molecular complexity index is 884. The Kier molecular flexibility index (Phi) is 39.1. The molecule has 50 heavy (non-hydrogen) atoms. The highest BCUT2D eigenvalue weighted by Crippen LogP contribution is 2.13. The van der Waals surface area contributed by atoms with Gasteiger partial charge in [-0.3, -0.25) is 9.59 Å². The SMILES string of the molecule is CC/C=C\C/C=C\C/C=C\CCCCCCCC(=O)OC(CO)COC(=O)CCCCCCCCCCC/C=C\C/C=C\CCCCCCC. The number of carbonyl (C=O) groups is 2. The third-order valence-corrected chi connectivity index (χ3v) is 8.80. The van der Waals surface area contributed by atoms with Gasteiger partial charge in [-0.15, -0.1) is 0 Å². The molecule has 0 aromatic carbocycles. The third kappa shape index (κ3) is 38.4. The Labute approximate surface area is 309 Å². The van der Waals surface area contributed by atoms with E-state index < -0.39 is 6.10 Å². The molecule has 0 saturated heterocycles. The fourth-order valence-corrected chi connectivity index (χ4v) is 5.66. The standard InChI is InChI=1S/C45H78O5/c1-3-5-7-9-11-13-15-17-19-20-21-22-23-24-26-27-29-31-33-35-37-39-44(47)49-42-43(41-46)50-45(48)40-38-36-34-32-30-28-25-18-16-14-12-10-8-6-4-2/h6,8,12,14-15,17-18,20-21,25,43,46H,3-5,7,9-11,13,16,19,22-24,26-42H2,1-2H3/b8-6-,14-12-,17-15-,21-20-,25-18-. The molecule has 0 aromatic rings. The number of carbonyl (C=O) groups excluding carboxylic acids is 2. The van der Waals surface area contributed by atoms with Crippen LogP contribution in [0, 0.1) is 0 Å². The zero-order chi connectivity index (χ0) is 36.4. The molecule has 0 spiro atoms. The van der Waals surface area contributed by atoms with Crippen LogP contribution in [-0.2, 0) is 19.1 Å². The van der Waals surface area contributed by atoms with Crippen LogP contribution in [0.3, 0.4) is 0 Å². The first-order valence-electron chi connectivity index (χ1n) is 20.8. The number of aliphatic hydroxyl groups is 1. The summed E-state index contributed by atoms with van der Waals surface area (Å²) in [5.74, 6) is -0.617. The van der Waals surface area contributed by atoms with E-state index in [1.54, 1.807) is 0 Å². The molecule has 0 aliphatic heterocycles. The van der Waals surface area contributed by atoms with Crippen LogP contribution in [0.5, 0.6) is 0 Å². The van der Waals surface area contributed by atoms with E-state index in [1.165, 1.54) is 89.9 Å². The number of ether oxygens (including phenoxy) is 2. The monoisotopic (exact) mass is 699 g/mol. The minimum atomic E-state index is -0.784. The van der Waals surface area contributed by atoms with Crippen molar-refractivity contribution in [3.8, 4) is 0 Å². The topological polar surface area (TPSA) is 72.8 Å². The van der Waals surface area contributed by atoms with Crippen LogP contribution >= 0.6 is 0 Å². The van der Waals surface area contributed by atoms with Crippen LogP contribution < -0.4 is 0 Å². The zero-order valence-electron chi connectivity index (χ0n) is 32.6. The summed E-state index contributed by atoms with van der Waals surface area (Å²) >= 11 is 0. The zero-order valence-corrected chi connectivity index (χ0v) is 32.6. The second kappa shape index (κ2) is 41.0. The van der Waals surface area contributed by atoms with Crippen LogP contribution in [-0.4, -0.2) is 36.4 Å². The molecular weight excluding hydrogens is 620 g/mol. The Hall–Kier alpha value is -2.40. The number of hydrogen-bond donors (Lipinski definition) is 1. The third-order valence-electron chi connectivity index (χ3n) is 8.80. The fourth-order valence-electron chi connectivity index (χ4n) is 5.66. The molecular formula is C45H78O5. The largest absolute Gasteiger partial charge is 0.462 e. The molecule has 288 valence electrons. The van der Waals surface area contributed by atoms with Crippen LogP contribution in [0.2, 0.25) is 0 Å². The van der Waals surface area contributed by atoms with Crippen LogP contribution in [0.1, 0.15) is 194 Å². The van der Waals surface area contributed by atoms with E-state index in [1.807, 2.05) is 0 Å². The Morgan fingerprint density at radius 2 is 0.860 bits per heavy atom. The Morgan fingerprint density at radius 3 is 1.30 bits per heavy atom. The van der Waals surface area contributed by atoms with Crippen molar-refractivity contribution in [2.24, 2.45) is 0 Å². The second-order valence-electron chi connectivity index (χ2n) is 13.7. The number of hydrogen-bond acceptors (Lipinski definition) is 5. The first kappa shape index (κ1) is 47.6. The van der Waals surface area contributed by atoms with Crippen molar-refractivity contribution in [3.05, 3.63) is 60.8 Å². The molecule has 0 rings (SSSR count). The summed E-state index contributed by atoms with van der Waals surface area (Å²) in [5, 5.41) is 9.56. The van der Waals surface area contributed by atoms with Gasteiger partial charge in [-0.25, -0.2) is 0 Å². The molecule has 1 N–H and O–H groups in total. The van der Waals surface area contributed by atoms with Crippen molar-refractivity contribution >= 4 is 11.9 Å². The summed E-state index contributed by atoms with van der Waals surface area (Å²) in [4.78, 5) is 24.3. The fraction of sp³-hybridized carbons (Fsp3) is 0.733. The number of esters is 2. The highest BCUT2D eigenvalue weighted by Gasteiger charge is 2.16. The predicted octanol–water partition coefficient (Wildman–Crippen LogP) is 13.2. The molecule has 0 radical (unpaired) electrons. The van der Waals surface area contributed by atoms with E-state index >= 15 is 0 Å². The van der Waals surface area contributed by atoms with Gasteiger partial charge in [0.25, 0.3) is 0 Å². The molecule has 0 aliphatic carbocycles. The van der Waals surface area contributed by atoms with Gasteiger partial charge in [-0.05, 0) is 77.0 Å². The molecule has 5 nitrogen and oxygen atoms in total. The van der Waals surface area contributed by atoms with Gasteiger partial charge in [0.1, 0.15) is 6.61 Å². The minimum absolute atomic E-state index is 0.0770. The lowest BCUT2D eigenvalue weighted by molar-refractivity contribution is -0.161. The first-order chi connectivity index (χ1) is 24.6. The number of rotatable bonds is 37. The number of aliphatic hydroxyl groups excluding tert-OH is 1. The number of unbranched alkanes of at least 4 members (excludes halogenated alkanes) is 19. The van der Waals surface area contributed by atoms with Crippen molar-refractivity contribution < 1.29 is 24.2 Å². The molecule has 0 saturated carbocycles. The van der Waals surface area contributed by atoms with Crippen molar-refractivity contribution in [1.29, 1.82) is 0 Å². The summed E-state index contributed by atoms with van der Waals surface area (Å²) in [7, 11) is 0. The maximum Gasteiger partial charge on any atom is 0.306 e. The molecule has 0 bridgehead atoms. The van der Waals surface area contributed by atoms with Gasteiger partial charge >= 0.3 is 11.9 Å². The molecule has 0 aromatic heterocycles. The van der Waals surface area contributed by atoms with Crippen molar-refractivity contribution in [2.45, 2.75) is 200 Å². The molecule has 1 unspecified atom stereocenters. The van der Waals surface area contributed by atoms with E-state index in [2.05, 4.69) is 74.6 Å². The first-order valence-corrected chi connectivity index (χ1v) is 20.8. The average Bonchev–Trinajstić information content (AvgIpc) is 3.12. The quantitative estimate of drug-likeness (QED) is 0.0397. The predicted molar refractivity (Wildman–Crippen MR) is 214 cm³/mol. The highest BCUT2D eigenvalue weighted by molar-refractivity contribution is 5.70. The van der Waals surface area contributed by atoms with E-state index in [-0.39, 0.29) is 25.2 Å². The summed E-state index contributed by atoms with van der Waals surface area (Å²) in [5.41, 5.74) is 0. The van der Waals surface area contributed by atoms with Crippen molar-refractivity contribution in [1.82, 2.24) is 0 Å². The van der Waals surface area contributed by atoms with E-state index in [4.69, 9.17) is 9.47 Å². The second-order valence-corrected chi connectivity index (χ2v) is 13.7.